The van der Waals surface area contributed by atoms with Crippen LogP contribution in [0.15, 0.2) is 54.6 Å². The predicted octanol–water partition coefficient (Wildman–Crippen LogP) is 3.27. The van der Waals surface area contributed by atoms with Crippen LogP contribution in [0.2, 0.25) is 0 Å². The molecule has 2 aromatic rings. The highest BCUT2D eigenvalue weighted by molar-refractivity contribution is 7.34. The summed E-state index contributed by atoms with van der Waals surface area (Å²) < 4.78 is 10.9. The monoisotopic (exact) mass is 200 g/mol. The number of hydrogen-bond acceptors (Lipinski definition) is 1. The molecule has 0 bridgehead atoms. The number of benzene rings is 2. The molecule has 0 saturated heterocycles. The Kier molecular flexibility index (Phi) is 2.71. The molecule has 14 heavy (non-hydrogen) atoms. The maximum atomic E-state index is 10.9. The Bertz CT molecular complexity index is 437. The third kappa shape index (κ3) is 1.73. The standard InChI is InChI=1S/C12H9OP/c13-14-12-9-5-4-8-11(12)10-6-2-1-3-7-10/h1-9H. The molecule has 0 N–H and O–H groups in total. The second-order valence-corrected chi connectivity index (χ2v) is 3.64. The first-order valence-corrected chi connectivity index (χ1v) is 5.21. The van der Waals surface area contributed by atoms with Crippen molar-refractivity contribution >= 4 is 13.8 Å². The van der Waals surface area contributed by atoms with Gasteiger partial charge in [-0.05, 0) is 17.2 Å². The van der Waals surface area contributed by atoms with Gasteiger partial charge < -0.3 is 0 Å². The first-order valence-electron chi connectivity index (χ1n) is 4.39. The summed E-state index contributed by atoms with van der Waals surface area (Å²) in [6.07, 6.45) is 0. The van der Waals surface area contributed by atoms with Gasteiger partial charge in [-0.1, -0.05) is 48.5 Å². The highest BCUT2D eigenvalue weighted by Gasteiger charge is 2.02. The van der Waals surface area contributed by atoms with Crippen LogP contribution in [0, 0.1) is 0 Å². The van der Waals surface area contributed by atoms with Crippen LogP contribution in [0.25, 0.3) is 11.1 Å². The van der Waals surface area contributed by atoms with Crippen molar-refractivity contribution in [2.24, 2.45) is 0 Å². The van der Waals surface area contributed by atoms with E-state index in [9.17, 15) is 4.57 Å². The van der Waals surface area contributed by atoms with Gasteiger partial charge in [-0.3, -0.25) is 4.57 Å². The Balaban J connectivity index is 2.57. The average Bonchev–Trinajstić information content (AvgIpc) is 2.30. The van der Waals surface area contributed by atoms with E-state index in [4.69, 9.17) is 0 Å². The highest BCUT2D eigenvalue weighted by Crippen LogP contribution is 2.19. The van der Waals surface area contributed by atoms with Gasteiger partial charge >= 0.3 is 0 Å². The van der Waals surface area contributed by atoms with Crippen molar-refractivity contribution in [3.05, 3.63) is 54.6 Å². The molecule has 0 radical (unpaired) electrons. The molecule has 0 saturated carbocycles. The summed E-state index contributed by atoms with van der Waals surface area (Å²) >= 11 is 0. The number of rotatable bonds is 2. The van der Waals surface area contributed by atoms with Crippen LogP contribution in [-0.4, -0.2) is 0 Å². The zero-order valence-corrected chi connectivity index (χ0v) is 8.45. The van der Waals surface area contributed by atoms with E-state index < -0.39 is 0 Å². The zero-order valence-electron chi connectivity index (χ0n) is 7.55. The minimum absolute atomic E-state index is 0.0723. The summed E-state index contributed by atoms with van der Waals surface area (Å²) in [7, 11) is 0.0723. The molecule has 0 spiro atoms. The molecule has 0 heterocycles. The van der Waals surface area contributed by atoms with E-state index >= 15 is 0 Å². The molecule has 0 atom stereocenters. The van der Waals surface area contributed by atoms with Gasteiger partial charge in [0, 0.05) is 0 Å². The van der Waals surface area contributed by atoms with Crippen molar-refractivity contribution in [3.8, 4) is 11.1 Å². The Morgan fingerprint density at radius 1 is 0.786 bits per heavy atom. The molecule has 2 aromatic carbocycles. The van der Waals surface area contributed by atoms with Crippen molar-refractivity contribution in [2.45, 2.75) is 0 Å². The van der Waals surface area contributed by atoms with Gasteiger partial charge in [-0.15, -0.1) is 0 Å². The van der Waals surface area contributed by atoms with Gasteiger partial charge in [-0.25, -0.2) is 0 Å². The Hall–Kier alpha value is -1.46. The Morgan fingerprint density at radius 2 is 1.43 bits per heavy atom. The second-order valence-electron chi connectivity index (χ2n) is 2.97. The Morgan fingerprint density at radius 3 is 2.14 bits per heavy atom. The van der Waals surface area contributed by atoms with Crippen LogP contribution in [0.1, 0.15) is 0 Å². The number of hydrogen-bond donors (Lipinski definition) is 0. The molecule has 0 unspecified atom stereocenters. The Labute approximate surface area is 84.6 Å². The van der Waals surface area contributed by atoms with Crippen molar-refractivity contribution in [3.63, 3.8) is 0 Å². The van der Waals surface area contributed by atoms with E-state index in [0.717, 1.165) is 16.4 Å². The predicted molar refractivity (Wildman–Crippen MR) is 59.1 cm³/mol. The van der Waals surface area contributed by atoms with E-state index in [1.165, 1.54) is 0 Å². The van der Waals surface area contributed by atoms with Gasteiger partial charge in [0.25, 0.3) is 0 Å². The molecular weight excluding hydrogens is 191 g/mol. The lowest BCUT2D eigenvalue weighted by Gasteiger charge is -2.02. The maximum absolute atomic E-state index is 10.9. The average molecular weight is 200 g/mol. The van der Waals surface area contributed by atoms with Crippen molar-refractivity contribution in [1.29, 1.82) is 0 Å². The second kappa shape index (κ2) is 4.17. The van der Waals surface area contributed by atoms with Crippen LogP contribution >= 0.6 is 8.46 Å². The molecule has 0 fully saturated rings. The lowest BCUT2D eigenvalue weighted by Crippen LogP contribution is -1.95. The summed E-state index contributed by atoms with van der Waals surface area (Å²) in [4.78, 5) is 0. The van der Waals surface area contributed by atoms with Gasteiger partial charge in [-0.2, -0.15) is 0 Å². The van der Waals surface area contributed by atoms with Crippen LogP contribution in [0.3, 0.4) is 0 Å². The minimum atomic E-state index is 0.0723. The van der Waals surface area contributed by atoms with Crippen LogP contribution in [-0.2, 0) is 4.57 Å². The van der Waals surface area contributed by atoms with E-state index in [1.54, 1.807) is 0 Å². The third-order valence-electron chi connectivity index (χ3n) is 2.09. The summed E-state index contributed by atoms with van der Waals surface area (Å²) in [5, 5.41) is 0.832. The van der Waals surface area contributed by atoms with Crippen LogP contribution in [0.4, 0.5) is 0 Å². The molecule has 0 aromatic heterocycles. The van der Waals surface area contributed by atoms with E-state index in [1.807, 2.05) is 54.6 Å². The molecule has 2 heteroatoms. The summed E-state index contributed by atoms with van der Waals surface area (Å²) in [6, 6.07) is 17.7. The molecule has 0 aliphatic rings. The van der Waals surface area contributed by atoms with Crippen molar-refractivity contribution in [1.82, 2.24) is 0 Å². The fourth-order valence-electron chi connectivity index (χ4n) is 1.42. The van der Waals surface area contributed by atoms with Gasteiger partial charge in [0.1, 0.15) is 0 Å². The van der Waals surface area contributed by atoms with Crippen molar-refractivity contribution < 1.29 is 4.57 Å². The summed E-state index contributed by atoms with van der Waals surface area (Å²) in [5.74, 6) is 0. The first kappa shape index (κ1) is 9.11. The van der Waals surface area contributed by atoms with Gasteiger partial charge in [0.05, 0.1) is 5.30 Å². The van der Waals surface area contributed by atoms with Crippen LogP contribution in [0.5, 0.6) is 0 Å². The first-order chi connectivity index (χ1) is 6.92. The van der Waals surface area contributed by atoms with Crippen LogP contribution < -0.4 is 5.30 Å². The lowest BCUT2D eigenvalue weighted by atomic mass is 10.1. The van der Waals surface area contributed by atoms with Gasteiger partial charge in [0.15, 0.2) is 8.46 Å². The van der Waals surface area contributed by atoms with Crippen molar-refractivity contribution in [2.75, 3.05) is 0 Å². The SMILES string of the molecule is O=Pc1ccccc1-c1ccccc1. The smallest absolute Gasteiger partial charge is 0.192 e. The maximum Gasteiger partial charge on any atom is 0.192 e. The summed E-state index contributed by atoms with van der Waals surface area (Å²) in [5.41, 5.74) is 2.14. The third-order valence-corrected chi connectivity index (χ3v) is 2.67. The molecule has 2 rings (SSSR count). The fourth-order valence-corrected chi connectivity index (χ4v) is 1.86. The van der Waals surface area contributed by atoms with E-state index in [-0.39, 0.29) is 8.46 Å². The molecule has 0 aliphatic carbocycles. The summed E-state index contributed by atoms with van der Waals surface area (Å²) in [6.45, 7) is 0. The topological polar surface area (TPSA) is 17.1 Å². The van der Waals surface area contributed by atoms with Gasteiger partial charge in [0.2, 0.25) is 0 Å². The molecule has 68 valence electrons. The molecule has 1 nitrogen and oxygen atoms in total. The molecule has 0 aliphatic heterocycles. The molecular formula is C12H9OP. The molecule has 0 amide bonds. The fraction of sp³-hybridized carbons (Fsp3) is 0. The zero-order chi connectivity index (χ0) is 9.80. The highest BCUT2D eigenvalue weighted by atomic mass is 31.1. The van der Waals surface area contributed by atoms with E-state index in [0.29, 0.717) is 0 Å². The largest absolute Gasteiger partial charge is 0.269 e. The quantitative estimate of drug-likeness (QED) is 0.680. The normalized spacial score (nSPS) is 10.3. The van der Waals surface area contributed by atoms with E-state index in [2.05, 4.69) is 0 Å². The lowest BCUT2D eigenvalue weighted by molar-refractivity contribution is 0.603. The minimum Gasteiger partial charge on any atom is -0.269 e.